The minimum Gasteiger partial charge on any atom is -0.362 e. The Morgan fingerprint density at radius 2 is 2.17 bits per heavy atom. The van der Waals surface area contributed by atoms with Crippen LogP contribution in [0, 0.1) is 6.92 Å². The Morgan fingerprint density at radius 1 is 1.38 bits per heavy atom. The van der Waals surface area contributed by atoms with Gasteiger partial charge in [-0.3, -0.25) is 4.79 Å². The fourth-order valence-electron chi connectivity index (χ4n) is 2.62. The standard InChI is InChI=1S/C16H23N5O2S/c1-4-17-16-18-10(3)13(24-16)15(22)21(5-2)9-12-19-14(23-20-12)11-7-6-8-11/h11H,4-9H2,1-3H3,(H,17,18). The van der Waals surface area contributed by atoms with Crippen LogP contribution in [0.2, 0.25) is 0 Å². The smallest absolute Gasteiger partial charge is 0.266 e. The van der Waals surface area contributed by atoms with Crippen molar-refractivity contribution in [2.45, 2.75) is 52.5 Å². The van der Waals surface area contributed by atoms with E-state index in [0.29, 0.717) is 35.6 Å². The van der Waals surface area contributed by atoms with E-state index >= 15 is 0 Å². The number of nitrogens with one attached hydrogen (secondary N) is 1. The molecule has 0 saturated heterocycles. The van der Waals surface area contributed by atoms with E-state index in [9.17, 15) is 4.79 Å². The first-order chi connectivity index (χ1) is 11.6. The van der Waals surface area contributed by atoms with E-state index in [2.05, 4.69) is 20.4 Å². The lowest BCUT2D eigenvalue weighted by molar-refractivity contribution is 0.0751. The molecule has 0 atom stereocenters. The fraction of sp³-hybridized carbons (Fsp3) is 0.625. The monoisotopic (exact) mass is 349 g/mol. The van der Waals surface area contributed by atoms with E-state index < -0.39 is 0 Å². The summed E-state index contributed by atoms with van der Waals surface area (Å²) in [5.74, 6) is 1.65. The minimum atomic E-state index is -0.0355. The highest BCUT2D eigenvalue weighted by Gasteiger charge is 2.27. The predicted molar refractivity (Wildman–Crippen MR) is 92.3 cm³/mol. The molecule has 0 aromatic carbocycles. The molecule has 3 rings (SSSR count). The van der Waals surface area contributed by atoms with Gasteiger partial charge in [-0.2, -0.15) is 4.98 Å². The lowest BCUT2D eigenvalue weighted by atomic mass is 9.85. The van der Waals surface area contributed by atoms with Crippen LogP contribution in [0.15, 0.2) is 4.52 Å². The number of amides is 1. The molecule has 1 N–H and O–H groups in total. The third kappa shape index (κ3) is 3.43. The third-order valence-electron chi connectivity index (χ3n) is 4.26. The molecule has 2 aromatic heterocycles. The summed E-state index contributed by atoms with van der Waals surface area (Å²) >= 11 is 1.39. The van der Waals surface area contributed by atoms with E-state index in [1.807, 2.05) is 20.8 Å². The van der Waals surface area contributed by atoms with Crippen molar-refractivity contribution in [2.75, 3.05) is 18.4 Å². The minimum absolute atomic E-state index is 0.0355. The van der Waals surface area contributed by atoms with Crippen LogP contribution < -0.4 is 5.32 Å². The van der Waals surface area contributed by atoms with Gasteiger partial charge in [0.05, 0.1) is 12.2 Å². The molecule has 1 amide bonds. The normalized spacial score (nSPS) is 14.5. The number of thiazole rings is 1. The van der Waals surface area contributed by atoms with Gasteiger partial charge in [-0.25, -0.2) is 4.98 Å². The maximum Gasteiger partial charge on any atom is 0.266 e. The molecule has 130 valence electrons. The zero-order chi connectivity index (χ0) is 17.1. The van der Waals surface area contributed by atoms with Crippen LogP contribution >= 0.6 is 11.3 Å². The number of hydrogen-bond donors (Lipinski definition) is 1. The molecular formula is C16H23N5O2S. The van der Waals surface area contributed by atoms with Crippen LogP contribution in [0.1, 0.15) is 66.1 Å². The van der Waals surface area contributed by atoms with Crippen LogP contribution in [0.5, 0.6) is 0 Å². The van der Waals surface area contributed by atoms with Gasteiger partial charge in [0, 0.05) is 19.0 Å². The molecular weight excluding hydrogens is 326 g/mol. The first kappa shape index (κ1) is 16.9. The maximum absolute atomic E-state index is 12.8. The van der Waals surface area contributed by atoms with Crippen molar-refractivity contribution in [3.63, 3.8) is 0 Å². The molecule has 0 bridgehead atoms. The van der Waals surface area contributed by atoms with Crippen molar-refractivity contribution in [2.24, 2.45) is 0 Å². The van der Waals surface area contributed by atoms with Crippen molar-refractivity contribution in [1.29, 1.82) is 0 Å². The van der Waals surface area contributed by atoms with Gasteiger partial charge in [-0.15, -0.1) is 0 Å². The number of hydrogen-bond acceptors (Lipinski definition) is 7. The molecule has 24 heavy (non-hydrogen) atoms. The summed E-state index contributed by atoms with van der Waals surface area (Å²) < 4.78 is 5.34. The van der Waals surface area contributed by atoms with Crippen LogP contribution in [0.4, 0.5) is 5.13 Å². The van der Waals surface area contributed by atoms with Gasteiger partial charge in [0.1, 0.15) is 4.88 Å². The van der Waals surface area contributed by atoms with Crippen LogP contribution in [0.25, 0.3) is 0 Å². The molecule has 0 radical (unpaired) electrons. The third-order valence-corrected chi connectivity index (χ3v) is 5.36. The lowest BCUT2D eigenvalue weighted by Gasteiger charge is -2.20. The van der Waals surface area contributed by atoms with Crippen LogP contribution in [-0.4, -0.2) is 39.0 Å². The first-order valence-corrected chi connectivity index (χ1v) is 9.27. The Hall–Kier alpha value is -1.96. The molecule has 7 nitrogen and oxygen atoms in total. The van der Waals surface area contributed by atoms with E-state index in [4.69, 9.17) is 4.52 Å². The molecule has 0 spiro atoms. The summed E-state index contributed by atoms with van der Waals surface area (Å²) in [6, 6.07) is 0. The molecule has 0 unspecified atom stereocenters. The van der Waals surface area contributed by atoms with Crippen molar-refractivity contribution >= 4 is 22.4 Å². The number of anilines is 1. The SMILES string of the molecule is CCNc1nc(C)c(C(=O)N(CC)Cc2noc(C3CCC3)n2)s1. The highest BCUT2D eigenvalue weighted by atomic mass is 32.1. The van der Waals surface area contributed by atoms with Gasteiger partial charge in [-0.05, 0) is 33.6 Å². The Bertz CT molecular complexity index is 707. The summed E-state index contributed by atoms with van der Waals surface area (Å²) in [6.45, 7) is 7.55. The number of carbonyl (C=O) groups excluding carboxylic acids is 1. The van der Waals surface area contributed by atoms with E-state index in [1.165, 1.54) is 17.8 Å². The van der Waals surface area contributed by atoms with Gasteiger partial charge in [0.2, 0.25) is 5.89 Å². The second-order valence-electron chi connectivity index (χ2n) is 5.96. The summed E-state index contributed by atoms with van der Waals surface area (Å²) in [7, 11) is 0. The highest BCUT2D eigenvalue weighted by molar-refractivity contribution is 7.17. The second-order valence-corrected chi connectivity index (χ2v) is 6.96. The lowest BCUT2D eigenvalue weighted by Crippen LogP contribution is -2.30. The average Bonchev–Trinajstić information content (AvgIpc) is 3.10. The average molecular weight is 349 g/mol. The van der Waals surface area contributed by atoms with Gasteiger partial charge in [0.15, 0.2) is 11.0 Å². The highest BCUT2D eigenvalue weighted by Crippen LogP contribution is 2.35. The van der Waals surface area contributed by atoms with E-state index in [1.54, 1.807) is 4.90 Å². The Labute approximate surface area is 145 Å². The zero-order valence-electron chi connectivity index (χ0n) is 14.3. The summed E-state index contributed by atoms with van der Waals surface area (Å²) in [6.07, 6.45) is 3.46. The van der Waals surface area contributed by atoms with Crippen molar-refractivity contribution < 1.29 is 9.32 Å². The van der Waals surface area contributed by atoms with Gasteiger partial charge in [-0.1, -0.05) is 22.9 Å². The fourth-order valence-corrected chi connectivity index (χ4v) is 3.62. The Kier molecular flexibility index (Phi) is 5.13. The Morgan fingerprint density at radius 3 is 2.79 bits per heavy atom. The van der Waals surface area contributed by atoms with Gasteiger partial charge >= 0.3 is 0 Å². The molecule has 1 aliphatic carbocycles. The largest absolute Gasteiger partial charge is 0.362 e. The van der Waals surface area contributed by atoms with Crippen molar-refractivity contribution in [1.82, 2.24) is 20.0 Å². The molecule has 0 aliphatic heterocycles. The van der Waals surface area contributed by atoms with Crippen LogP contribution in [0.3, 0.4) is 0 Å². The maximum atomic E-state index is 12.8. The van der Waals surface area contributed by atoms with Crippen molar-refractivity contribution in [3.8, 4) is 0 Å². The van der Waals surface area contributed by atoms with E-state index in [-0.39, 0.29) is 5.91 Å². The topological polar surface area (TPSA) is 84.2 Å². The van der Waals surface area contributed by atoms with Gasteiger partial charge in [0.25, 0.3) is 5.91 Å². The number of carbonyl (C=O) groups is 1. The zero-order valence-corrected chi connectivity index (χ0v) is 15.2. The van der Waals surface area contributed by atoms with Crippen LogP contribution in [-0.2, 0) is 6.54 Å². The molecule has 2 aromatic rings. The summed E-state index contributed by atoms with van der Waals surface area (Å²) in [5.41, 5.74) is 0.752. The summed E-state index contributed by atoms with van der Waals surface area (Å²) in [4.78, 5) is 24.1. The number of rotatable bonds is 7. The number of aromatic nitrogens is 3. The first-order valence-electron chi connectivity index (χ1n) is 8.45. The number of aryl methyl sites for hydroxylation is 1. The molecule has 1 aliphatic rings. The molecule has 1 fully saturated rings. The quantitative estimate of drug-likeness (QED) is 0.826. The van der Waals surface area contributed by atoms with E-state index in [0.717, 1.165) is 30.2 Å². The molecule has 8 heteroatoms. The summed E-state index contributed by atoms with van der Waals surface area (Å²) in [5, 5.41) is 7.97. The molecule has 1 saturated carbocycles. The predicted octanol–water partition coefficient (Wildman–Crippen LogP) is 3.20. The van der Waals surface area contributed by atoms with Crippen molar-refractivity contribution in [3.05, 3.63) is 22.3 Å². The Balaban J connectivity index is 1.70. The van der Waals surface area contributed by atoms with Gasteiger partial charge < -0.3 is 14.7 Å². The molecule has 2 heterocycles. The second kappa shape index (κ2) is 7.29. The number of nitrogens with zero attached hydrogens (tertiary/aromatic N) is 4.